The molecule has 0 N–H and O–H groups in total. The number of hydrogen-bond acceptors (Lipinski definition) is 4. The van der Waals surface area contributed by atoms with Crippen molar-refractivity contribution in [3.8, 4) is 16.3 Å². The average Bonchev–Trinajstić information content (AvgIpc) is 2.87. The molecule has 0 unspecified atom stereocenters. The summed E-state index contributed by atoms with van der Waals surface area (Å²) in [5, 5.41) is 2.00. The Hall–Kier alpha value is -1.88. The number of carbonyl (C=O) groups is 1. The SMILES string of the molecule is CN1C(=O)COc2ccc(-c3cccs3)nc21. The number of fused-ring (bicyclic) bond motifs is 1. The van der Waals surface area contributed by atoms with Crippen LogP contribution >= 0.6 is 11.3 Å². The second-order valence-corrected chi connectivity index (χ2v) is 4.68. The van der Waals surface area contributed by atoms with Gasteiger partial charge in [-0.15, -0.1) is 11.3 Å². The Kier molecular flexibility index (Phi) is 2.33. The fraction of sp³-hybridized carbons (Fsp3) is 0.167. The van der Waals surface area contributed by atoms with E-state index in [4.69, 9.17) is 4.74 Å². The summed E-state index contributed by atoms with van der Waals surface area (Å²) in [4.78, 5) is 18.6. The third-order valence-electron chi connectivity index (χ3n) is 2.66. The van der Waals surface area contributed by atoms with Crippen molar-refractivity contribution in [1.82, 2.24) is 4.98 Å². The minimum absolute atomic E-state index is 0.0756. The molecule has 17 heavy (non-hydrogen) atoms. The van der Waals surface area contributed by atoms with Gasteiger partial charge in [-0.3, -0.25) is 9.69 Å². The highest BCUT2D eigenvalue weighted by atomic mass is 32.1. The van der Waals surface area contributed by atoms with Crippen LogP contribution in [0.5, 0.6) is 5.75 Å². The molecule has 2 aromatic rings. The normalized spacial score (nSPS) is 14.4. The van der Waals surface area contributed by atoms with E-state index in [9.17, 15) is 4.79 Å². The predicted molar refractivity (Wildman–Crippen MR) is 66.5 cm³/mol. The van der Waals surface area contributed by atoms with E-state index in [2.05, 4.69) is 4.98 Å². The van der Waals surface area contributed by atoms with E-state index < -0.39 is 0 Å². The van der Waals surface area contributed by atoms with Gasteiger partial charge in [-0.05, 0) is 23.6 Å². The highest BCUT2D eigenvalue weighted by Gasteiger charge is 2.24. The van der Waals surface area contributed by atoms with Crippen molar-refractivity contribution in [2.75, 3.05) is 18.6 Å². The third kappa shape index (κ3) is 1.68. The van der Waals surface area contributed by atoms with Crippen LogP contribution in [0.2, 0.25) is 0 Å². The van der Waals surface area contributed by atoms with Crippen molar-refractivity contribution in [2.45, 2.75) is 0 Å². The standard InChI is InChI=1S/C12H10N2O2S/c1-14-11(15)7-16-9-5-4-8(13-12(9)14)10-3-2-6-17-10/h2-6H,7H2,1H3. The van der Waals surface area contributed by atoms with Gasteiger partial charge in [-0.25, -0.2) is 4.98 Å². The number of rotatable bonds is 1. The number of hydrogen-bond donors (Lipinski definition) is 0. The first-order valence-electron chi connectivity index (χ1n) is 5.20. The zero-order chi connectivity index (χ0) is 11.8. The Labute approximate surface area is 102 Å². The van der Waals surface area contributed by atoms with Crippen LogP contribution in [0.3, 0.4) is 0 Å². The van der Waals surface area contributed by atoms with Gasteiger partial charge in [-0.2, -0.15) is 0 Å². The summed E-state index contributed by atoms with van der Waals surface area (Å²) in [5.41, 5.74) is 0.865. The van der Waals surface area contributed by atoms with E-state index in [1.807, 2.05) is 29.6 Å². The number of thiophene rings is 1. The molecule has 1 amide bonds. The van der Waals surface area contributed by atoms with Crippen LogP contribution in [-0.4, -0.2) is 24.5 Å². The summed E-state index contributed by atoms with van der Waals surface area (Å²) in [7, 11) is 1.72. The molecule has 0 radical (unpaired) electrons. The number of carbonyl (C=O) groups excluding carboxylic acids is 1. The molecule has 86 valence electrons. The number of likely N-dealkylation sites (N-methyl/N-ethyl adjacent to an activating group) is 1. The first-order valence-corrected chi connectivity index (χ1v) is 6.08. The monoisotopic (exact) mass is 246 g/mol. The maximum absolute atomic E-state index is 11.5. The minimum atomic E-state index is -0.0756. The number of amides is 1. The van der Waals surface area contributed by atoms with Gasteiger partial charge in [0.25, 0.3) is 5.91 Å². The molecule has 0 aromatic carbocycles. The lowest BCUT2D eigenvalue weighted by atomic mass is 10.2. The van der Waals surface area contributed by atoms with E-state index in [1.165, 1.54) is 4.90 Å². The highest BCUT2D eigenvalue weighted by molar-refractivity contribution is 7.13. The van der Waals surface area contributed by atoms with Gasteiger partial charge >= 0.3 is 0 Å². The number of aromatic nitrogens is 1. The molecule has 3 rings (SSSR count). The largest absolute Gasteiger partial charge is 0.480 e. The second kappa shape index (κ2) is 3.85. The number of nitrogens with zero attached hydrogens (tertiary/aromatic N) is 2. The summed E-state index contributed by atoms with van der Waals surface area (Å²) in [5.74, 6) is 1.17. The molecule has 0 fully saturated rings. The maximum Gasteiger partial charge on any atom is 0.265 e. The molecular formula is C12H10N2O2S. The van der Waals surface area contributed by atoms with E-state index in [-0.39, 0.29) is 12.5 Å². The van der Waals surface area contributed by atoms with Crippen molar-refractivity contribution in [2.24, 2.45) is 0 Å². The van der Waals surface area contributed by atoms with Gasteiger partial charge in [0.05, 0.1) is 10.6 Å². The first-order chi connectivity index (χ1) is 8.25. The lowest BCUT2D eigenvalue weighted by molar-refractivity contribution is -0.121. The number of ether oxygens (including phenoxy) is 1. The molecule has 0 saturated carbocycles. The van der Waals surface area contributed by atoms with Crippen molar-refractivity contribution in [1.29, 1.82) is 0 Å². The Bertz CT molecular complexity index is 566. The molecule has 1 aliphatic rings. The first kappa shape index (κ1) is 10.3. The van der Waals surface area contributed by atoms with E-state index >= 15 is 0 Å². The van der Waals surface area contributed by atoms with Gasteiger partial charge in [0.15, 0.2) is 18.2 Å². The third-order valence-corrected chi connectivity index (χ3v) is 3.55. The van der Waals surface area contributed by atoms with Gasteiger partial charge in [0, 0.05) is 7.05 Å². The van der Waals surface area contributed by atoms with Crippen LogP contribution in [0, 0.1) is 0 Å². The van der Waals surface area contributed by atoms with E-state index in [0.29, 0.717) is 11.6 Å². The fourth-order valence-electron chi connectivity index (χ4n) is 1.70. The van der Waals surface area contributed by atoms with Gasteiger partial charge < -0.3 is 4.74 Å². The highest BCUT2D eigenvalue weighted by Crippen LogP contribution is 2.33. The van der Waals surface area contributed by atoms with Crippen molar-refractivity contribution >= 4 is 23.1 Å². The summed E-state index contributed by atoms with van der Waals surface area (Å²) in [6.45, 7) is 0.0868. The quantitative estimate of drug-likeness (QED) is 0.774. The van der Waals surface area contributed by atoms with Crippen molar-refractivity contribution in [3.05, 3.63) is 29.6 Å². The predicted octanol–water partition coefficient (Wildman–Crippen LogP) is 2.17. The van der Waals surface area contributed by atoms with Crippen LogP contribution in [0.15, 0.2) is 29.6 Å². The van der Waals surface area contributed by atoms with E-state index in [0.717, 1.165) is 10.6 Å². The van der Waals surface area contributed by atoms with Crippen LogP contribution < -0.4 is 9.64 Å². The molecule has 0 bridgehead atoms. The Morgan fingerprint density at radius 2 is 2.29 bits per heavy atom. The summed E-state index contributed by atoms with van der Waals surface area (Å²) in [6, 6.07) is 7.76. The van der Waals surface area contributed by atoms with Crippen LogP contribution in [-0.2, 0) is 4.79 Å². The lowest BCUT2D eigenvalue weighted by Crippen LogP contribution is -2.36. The molecular weight excluding hydrogens is 236 g/mol. The smallest absolute Gasteiger partial charge is 0.265 e. The van der Waals surface area contributed by atoms with Crippen LogP contribution in [0.4, 0.5) is 5.82 Å². The molecule has 0 saturated heterocycles. The Morgan fingerprint density at radius 3 is 3.06 bits per heavy atom. The lowest BCUT2D eigenvalue weighted by Gasteiger charge is -2.24. The Balaban J connectivity index is 2.09. The van der Waals surface area contributed by atoms with Gasteiger partial charge in [0.1, 0.15) is 0 Å². The fourth-order valence-corrected chi connectivity index (χ4v) is 2.40. The molecule has 1 aliphatic heterocycles. The van der Waals surface area contributed by atoms with Crippen LogP contribution in [0.1, 0.15) is 0 Å². The number of anilines is 1. The number of pyridine rings is 1. The van der Waals surface area contributed by atoms with Gasteiger partial charge in [-0.1, -0.05) is 6.07 Å². The molecule has 5 heteroatoms. The molecule has 3 heterocycles. The van der Waals surface area contributed by atoms with E-state index in [1.54, 1.807) is 18.4 Å². The molecule has 4 nitrogen and oxygen atoms in total. The second-order valence-electron chi connectivity index (χ2n) is 3.74. The Morgan fingerprint density at radius 1 is 1.41 bits per heavy atom. The molecule has 0 aliphatic carbocycles. The van der Waals surface area contributed by atoms with Crippen molar-refractivity contribution < 1.29 is 9.53 Å². The summed E-state index contributed by atoms with van der Waals surface area (Å²) < 4.78 is 5.33. The minimum Gasteiger partial charge on any atom is -0.480 e. The summed E-state index contributed by atoms with van der Waals surface area (Å²) in [6.07, 6.45) is 0. The maximum atomic E-state index is 11.5. The molecule has 0 atom stereocenters. The average molecular weight is 246 g/mol. The topological polar surface area (TPSA) is 42.4 Å². The summed E-state index contributed by atoms with van der Waals surface area (Å²) >= 11 is 1.62. The zero-order valence-electron chi connectivity index (χ0n) is 9.21. The van der Waals surface area contributed by atoms with Crippen LogP contribution in [0.25, 0.3) is 10.6 Å². The molecule has 2 aromatic heterocycles. The van der Waals surface area contributed by atoms with Gasteiger partial charge in [0.2, 0.25) is 0 Å². The molecule has 0 spiro atoms. The zero-order valence-corrected chi connectivity index (χ0v) is 10.0. The van der Waals surface area contributed by atoms with Crippen molar-refractivity contribution in [3.63, 3.8) is 0 Å².